The molecule has 10 nitrogen and oxygen atoms in total. The molecule has 1 heterocycles. The number of hydrogen-bond donors (Lipinski definition) is 0. The van der Waals surface area contributed by atoms with E-state index < -0.39 is 9.85 Å². The summed E-state index contributed by atoms with van der Waals surface area (Å²) in [6.45, 7) is 5.64. The molecule has 1 aliphatic rings. The van der Waals surface area contributed by atoms with Crippen molar-refractivity contribution in [2.75, 3.05) is 19.6 Å². The summed E-state index contributed by atoms with van der Waals surface area (Å²) < 4.78 is 0. The second-order valence-electron chi connectivity index (χ2n) is 7.51. The fourth-order valence-corrected chi connectivity index (χ4v) is 3.87. The van der Waals surface area contributed by atoms with Crippen molar-refractivity contribution in [2.24, 2.45) is 0 Å². The summed E-state index contributed by atoms with van der Waals surface area (Å²) in [7, 11) is 0. The van der Waals surface area contributed by atoms with Gasteiger partial charge in [-0.1, -0.05) is 12.1 Å². The molecule has 1 aliphatic heterocycles. The Bertz CT molecular complexity index is 1080. The molecule has 0 radical (unpaired) electrons. The molecule has 162 valence electrons. The van der Waals surface area contributed by atoms with E-state index in [-0.39, 0.29) is 60.0 Å². The molecule has 0 saturated carbocycles. The van der Waals surface area contributed by atoms with E-state index >= 15 is 0 Å². The lowest BCUT2D eigenvalue weighted by Gasteiger charge is -2.40. The molecule has 0 aliphatic carbocycles. The lowest BCUT2D eigenvalue weighted by atomic mass is 10.0. The van der Waals surface area contributed by atoms with Crippen LogP contribution < -0.4 is 0 Å². The Morgan fingerprint density at radius 2 is 1.35 bits per heavy atom. The number of amides is 2. The third kappa shape index (κ3) is 4.09. The van der Waals surface area contributed by atoms with Gasteiger partial charge in [0.25, 0.3) is 23.2 Å². The van der Waals surface area contributed by atoms with Crippen LogP contribution in [0.25, 0.3) is 0 Å². The van der Waals surface area contributed by atoms with Crippen molar-refractivity contribution in [1.82, 2.24) is 9.80 Å². The van der Waals surface area contributed by atoms with Gasteiger partial charge >= 0.3 is 0 Å². The molecule has 0 spiro atoms. The SMILES string of the molecule is Cc1c(C(=O)N2CCN(C(=O)c3cccc([N+](=O)[O-])c3C)C(C)C2)cccc1[N+](=O)[O-]. The quantitative estimate of drug-likeness (QED) is 0.546. The summed E-state index contributed by atoms with van der Waals surface area (Å²) in [5.41, 5.74) is 0.889. The molecule has 0 bridgehead atoms. The number of nitrogens with zero attached hydrogens (tertiary/aromatic N) is 4. The van der Waals surface area contributed by atoms with Crippen LogP contribution in [0.5, 0.6) is 0 Å². The average Bonchev–Trinajstić information content (AvgIpc) is 2.72. The molecule has 1 fully saturated rings. The molecule has 0 N–H and O–H groups in total. The van der Waals surface area contributed by atoms with Crippen molar-refractivity contribution in [3.8, 4) is 0 Å². The van der Waals surface area contributed by atoms with E-state index in [2.05, 4.69) is 0 Å². The molecule has 3 rings (SSSR count). The van der Waals surface area contributed by atoms with Gasteiger partial charge in [0.15, 0.2) is 0 Å². The van der Waals surface area contributed by atoms with E-state index in [9.17, 15) is 29.8 Å². The predicted octanol–water partition coefficient (Wildman–Crippen LogP) is 3.11. The molecule has 1 atom stereocenters. The smallest absolute Gasteiger partial charge is 0.273 e. The van der Waals surface area contributed by atoms with Crippen LogP contribution >= 0.6 is 0 Å². The van der Waals surface area contributed by atoms with Gasteiger partial charge in [-0.15, -0.1) is 0 Å². The number of nitro benzene ring substituents is 2. The van der Waals surface area contributed by atoms with E-state index in [0.717, 1.165) is 0 Å². The zero-order valence-electron chi connectivity index (χ0n) is 17.4. The molecule has 10 heteroatoms. The lowest BCUT2D eigenvalue weighted by Crippen LogP contribution is -2.55. The number of carbonyl (C=O) groups is 2. The first-order chi connectivity index (χ1) is 14.6. The minimum absolute atomic E-state index is 0.117. The van der Waals surface area contributed by atoms with Crippen molar-refractivity contribution in [2.45, 2.75) is 26.8 Å². The molecular formula is C21H22N4O6. The highest BCUT2D eigenvalue weighted by Crippen LogP contribution is 2.26. The maximum Gasteiger partial charge on any atom is 0.273 e. The monoisotopic (exact) mass is 426 g/mol. The Kier molecular flexibility index (Phi) is 6.00. The first-order valence-electron chi connectivity index (χ1n) is 9.71. The maximum atomic E-state index is 13.1. The van der Waals surface area contributed by atoms with Crippen LogP contribution in [0.4, 0.5) is 11.4 Å². The summed E-state index contributed by atoms with van der Waals surface area (Å²) in [6, 6.07) is 8.45. The molecule has 31 heavy (non-hydrogen) atoms. The lowest BCUT2D eigenvalue weighted by molar-refractivity contribution is -0.385. The molecule has 1 unspecified atom stereocenters. The highest BCUT2D eigenvalue weighted by atomic mass is 16.6. The number of rotatable bonds is 4. The number of nitro groups is 2. The summed E-state index contributed by atoms with van der Waals surface area (Å²) in [5.74, 6) is -0.654. The van der Waals surface area contributed by atoms with Crippen molar-refractivity contribution < 1.29 is 19.4 Å². The van der Waals surface area contributed by atoms with Gasteiger partial charge in [0, 0.05) is 60.1 Å². The van der Waals surface area contributed by atoms with Crippen molar-refractivity contribution in [3.05, 3.63) is 78.9 Å². The second kappa shape index (κ2) is 8.50. The van der Waals surface area contributed by atoms with Crippen LogP contribution in [0.2, 0.25) is 0 Å². The summed E-state index contributed by atoms with van der Waals surface area (Å²) in [6.07, 6.45) is 0. The highest BCUT2D eigenvalue weighted by molar-refractivity contribution is 5.98. The maximum absolute atomic E-state index is 13.1. The van der Waals surface area contributed by atoms with Crippen molar-refractivity contribution >= 4 is 23.2 Å². The van der Waals surface area contributed by atoms with Crippen molar-refractivity contribution in [3.63, 3.8) is 0 Å². The van der Waals surface area contributed by atoms with E-state index in [4.69, 9.17) is 0 Å². The van der Waals surface area contributed by atoms with Crippen LogP contribution in [-0.2, 0) is 0 Å². The number of carbonyl (C=O) groups excluding carboxylic acids is 2. The Labute approximate surface area is 178 Å². The third-order valence-corrected chi connectivity index (χ3v) is 5.64. The van der Waals surface area contributed by atoms with Gasteiger partial charge in [-0.2, -0.15) is 0 Å². The topological polar surface area (TPSA) is 127 Å². The van der Waals surface area contributed by atoms with Crippen LogP contribution in [-0.4, -0.2) is 57.1 Å². The number of piperazine rings is 1. The minimum atomic E-state index is -0.521. The van der Waals surface area contributed by atoms with Gasteiger partial charge in [-0.25, -0.2) is 0 Å². The van der Waals surface area contributed by atoms with Crippen LogP contribution in [0.1, 0.15) is 38.8 Å². The van der Waals surface area contributed by atoms with Crippen molar-refractivity contribution in [1.29, 1.82) is 0 Å². The molecule has 2 aromatic carbocycles. The standard InChI is InChI=1S/C21H22N4O6/c1-13-12-22(20(26)16-6-4-8-18(14(16)2)24(28)29)10-11-23(13)21(27)17-7-5-9-19(15(17)3)25(30)31/h4-9,13H,10-12H2,1-3H3. The first kappa shape index (κ1) is 21.9. The van der Waals surface area contributed by atoms with Crippen LogP contribution in [0.15, 0.2) is 36.4 Å². The van der Waals surface area contributed by atoms with Gasteiger partial charge < -0.3 is 9.80 Å². The molecule has 0 aromatic heterocycles. The number of benzene rings is 2. The first-order valence-corrected chi connectivity index (χ1v) is 9.71. The Hall–Kier alpha value is -3.82. The van der Waals surface area contributed by atoms with E-state index in [1.165, 1.54) is 24.3 Å². The van der Waals surface area contributed by atoms with Gasteiger partial charge in [0.2, 0.25) is 0 Å². The fourth-order valence-electron chi connectivity index (χ4n) is 3.87. The normalized spacial score (nSPS) is 16.2. The summed E-state index contributed by atoms with van der Waals surface area (Å²) in [4.78, 5) is 50.5. The molecule has 2 aromatic rings. The highest BCUT2D eigenvalue weighted by Gasteiger charge is 2.33. The number of hydrogen-bond acceptors (Lipinski definition) is 6. The zero-order valence-corrected chi connectivity index (χ0v) is 17.4. The van der Waals surface area contributed by atoms with E-state index in [0.29, 0.717) is 11.1 Å². The van der Waals surface area contributed by atoms with Crippen LogP contribution in [0, 0.1) is 34.1 Å². The Morgan fingerprint density at radius 3 is 1.81 bits per heavy atom. The molecule has 1 saturated heterocycles. The zero-order chi connectivity index (χ0) is 22.9. The predicted molar refractivity (Wildman–Crippen MR) is 112 cm³/mol. The largest absolute Gasteiger partial charge is 0.335 e. The Morgan fingerprint density at radius 1 is 0.871 bits per heavy atom. The average molecular weight is 426 g/mol. The summed E-state index contributed by atoms with van der Waals surface area (Å²) in [5, 5.41) is 22.3. The molecule has 2 amide bonds. The fraction of sp³-hybridized carbons (Fsp3) is 0.333. The van der Waals surface area contributed by atoms with Gasteiger partial charge in [0.1, 0.15) is 0 Å². The van der Waals surface area contributed by atoms with Crippen LogP contribution in [0.3, 0.4) is 0 Å². The van der Waals surface area contributed by atoms with E-state index in [1.54, 1.807) is 42.7 Å². The van der Waals surface area contributed by atoms with Gasteiger partial charge in [0.05, 0.1) is 9.85 Å². The van der Waals surface area contributed by atoms with Gasteiger partial charge in [-0.05, 0) is 32.9 Å². The Balaban J connectivity index is 1.79. The summed E-state index contributed by atoms with van der Waals surface area (Å²) >= 11 is 0. The van der Waals surface area contributed by atoms with E-state index in [1.807, 2.05) is 0 Å². The second-order valence-corrected chi connectivity index (χ2v) is 7.51. The van der Waals surface area contributed by atoms with Gasteiger partial charge in [-0.3, -0.25) is 29.8 Å². The minimum Gasteiger partial charge on any atom is -0.335 e. The third-order valence-electron chi connectivity index (χ3n) is 5.64. The molecular weight excluding hydrogens is 404 g/mol.